The van der Waals surface area contributed by atoms with E-state index in [1.807, 2.05) is 0 Å². The van der Waals surface area contributed by atoms with Crippen molar-refractivity contribution in [1.29, 1.82) is 0 Å². The molecule has 1 aromatic heterocycles. The van der Waals surface area contributed by atoms with Crippen molar-refractivity contribution in [2.45, 2.75) is 38.1 Å². The normalized spacial score (nSPS) is 16.5. The molecule has 0 bridgehead atoms. The van der Waals surface area contributed by atoms with Crippen molar-refractivity contribution < 1.29 is 14.7 Å². The summed E-state index contributed by atoms with van der Waals surface area (Å²) in [5.41, 5.74) is 1.21. The lowest BCUT2D eigenvalue weighted by atomic mass is 10.2. The summed E-state index contributed by atoms with van der Waals surface area (Å²) in [7, 11) is 0. The molecule has 0 radical (unpaired) electrons. The van der Waals surface area contributed by atoms with Crippen molar-refractivity contribution in [3.05, 3.63) is 17.5 Å². The molecule has 1 fully saturated rings. The Hall–Kier alpha value is -1.85. The minimum Gasteiger partial charge on any atom is -0.480 e. The number of aromatic nitrogens is 2. The third kappa shape index (κ3) is 2.64. The summed E-state index contributed by atoms with van der Waals surface area (Å²) in [6, 6.07) is 0.838. The summed E-state index contributed by atoms with van der Waals surface area (Å²) >= 11 is 0. The Balaban J connectivity index is 2.00. The number of H-pyrrole nitrogens is 1. The lowest BCUT2D eigenvalue weighted by Gasteiger charge is -2.10. The fourth-order valence-corrected chi connectivity index (χ4v) is 1.63. The first-order valence-corrected chi connectivity index (χ1v) is 5.70. The number of amides is 1. The second-order valence-electron chi connectivity index (χ2n) is 4.26. The molecule has 0 aliphatic heterocycles. The second kappa shape index (κ2) is 4.57. The molecule has 6 heteroatoms. The third-order valence-electron chi connectivity index (χ3n) is 2.86. The highest BCUT2D eigenvalue weighted by Gasteiger charge is 2.27. The van der Waals surface area contributed by atoms with Gasteiger partial charge in [-0.2, -0.15) is 5.10 Å². The molecule has 17 heavy (non-hydrogen) atoms. The molecule has 1 aliphatic rings. The number of carboxylic acids is 1. The molecule has 6 nitrogen and oxygen atoms in total. The first kappa shape index (κ1) is 11.6. The van der Waals surface area contributed by atoms with E-state index in [-0.39, 0.29) is 5.69 Å². The first-order valence-electron chi connectivity index (χ1n) is 5.70. The van der Waals surface area contributed by atoms with Crippen LogP contribution in [0.3, 0.4) is 0 Å². The maximum Gasteiger partial charge on any atom is 0.326 e. The van der Waals surface area contributed by atoms with Crippen molar-refractivity contribution in [3.8, 4) is 0 Å². The second-order valence-corrected chi connectivity index (χ2v) is 4.26. The summed E-state index contributed by atoms with van der Waals surface area (Å²) in [4.78, 5) is 22.5. The van der Waals surface area contributed by atoms with Crippen LogP contribution >= 0.6 is 0 Å². The Kier molecular flexibility index (Phi) is 3.12. The Morgan fingerprint density at radius 2 is 2.35 bits per heavy atom. The topological polar surface area (TPSA) is 95.1 Å². The van der Waals surface area contributed by atoms with Crippen LogP contribution in [0.5, 0.6) is 0 Å². The standard InChI is InChI=1S/C11H15N3O3/c1-2-7(11(16)17)12-10(15)9-5-8(13-14-9)6-3-4-6/h5-7H,2-4H2,1H3,(H,12,15)(H,13,14)(H,16,17). The molecule has 92 valence electrons. The van der Waals surface area contributed by atoms with Gasteiger partial charge in [0, 0.05) is 11.6 Å². The molecule has 1 unspecified atom stereocenters. The Morgan fingerprint density at radius 1 is 1.65 bits per heavy atom. The first-order chi connectivity index (χ1) is 8.11. The fourth-order valence-electron chi connectivity index (χ4n) is 1.63. The number of aliphatic carboxylic acids is 1. The zero-order chi connectivity index (χ0) is 12.4. The van der Waals surface area contributed by atoms with Crippen LogP contribution in [0.15, 0.2) is 6.07 Å². The third-order valence-corrected chi connectivity index (χ3v) is 2.86. The molecule has 1 aromatic rings. The van der Waals surface area contributed by atoms with Gasteiger partial charge in [-0.05, 0) is 25.3 Å². The van der Waals surface area contributed by atoms with Gasteiger partial charge in [0.2, 0.25) is 0 Å². The molecule has 1 amide bonds. The Bertz CT molecular complexity index is 437. The number of carbonyl (C=O) groups is 2. The highest BCUT2D eigenvalue weighted by atomic mass is 16.4. The van der Waals surface area contributed by atoms with Crippen LogP contribution in [-0.4, -0.2) is 33.2 Å². The van der Waals surface area contributed by atoms with E-state index in [0.29, 0.717) is 12.3 Å². The van der Waals surface area contributed by atoms with Gasteiger partial charge in [0.15, 0.2) is 0 Å². The van der Waals surface area contributed by atoms with Gasteiger partial charge >= 0.3 is 5.97 Å². The van der Waals surface area contributed by atoms with E-state index in [1.54, 1.807) is 13.0 Å². The highest BCUT2D eigenvalue weighted by Crippen LogP contribution is 2.38. The van der Waals surface area contributed by atoms with Crippen molar-refractivity contribution in [3.63, 3.8) is 0 Å². The summed E-state index contributed by atoms with van der Waals surface area (Å²) in [6.45, 7) is 1.71. The van der Waals surface area contributed by atoms with Gasteiger partial charge in [0.05, 0.1) is 0 Å². The molecule has 1 heterocycles. The molecule has 0 spiro atoms. The van der Waals surface area contributed by atoms with Gasteiger partial charge in [0.25, 0.3) is 5.91 Å². The molecule has 1 atom stereocenters. The van der Waals surface area contributed by atoms with Crippen LogP contribution in [0.1, 0.15) is 48.3 Å². The molecular weight excluding hydrogens is 222 g/mol. The van der Waals surface area contributed by atoms with Crippen molar-refractivity contribution >= 4 is 11.9 Å². The summed E-state index contributed by atoms with van der Waals surface area (Å²) in [6.07, 6.45) is 2.59. The number of hydrogen-bond acceptors (Lipinski definition) is 3. The van der Waals surface area contributed by atoms with Crippen molar-refractivity contribution in [2.75, 3.05) is 0 Å². The predicted octanol–water partition coefficient (Wildman–Crippen LogP) is 0.880. The van der Waals surface area contributed by atoms with Gasteiger partial charge in [-0.3, -0.25) is 9.89 Å². The molecule has 3 N–H and O–H groups in total. The van der Waals surface area contributed by atoms with Crippen LogP contribution in [-0.2, 0) is 4.79 Å². The quantitative estimate of drug-likeness (QED) is 0.708. The van der Waals surface area contributed by atoms with Crippen molar-refractivity contribution in [2.24, 2.45) is 0 Å². The molecule has 2 rings (SSSR count). The van der Waals surface area contributed by atoms with Gasteiger partial charge in [-0.25, -0.2) is 4.79 Å². The van der Waals surface area contributed by atoms with Gasteiger partial charge in [-0.15, -0.1) is 0 Å². The number of carbonyl (C=O) groups excluding carboxylic acids is 1. The van der Waals surface area contributed by atoms with E-state index in [0.717, 1.165) is 18.5 Å². The minimum absolute atomic E-state index is 0.256. The number of nitrogens with zero attached hydrogens (tertiary/aromatic N) is 1. The van der Waals surface area contributed by atoms with E-state index in [9.17, 15) is 9.59 Å². The van der Waals surface area contributed by atoms with E-state index in [1.165, 1.54) is 0 Å². The van der Waals surface area contributed by atoms with E-state index in [2.05, 4.69) is 15.5 Å². The Morgan fingerprint density at radius 3 is 2.88 bits per heavy atom. The van der Waals surface area contributed by atoms with Crippen LogP contribution in [0, 0.1) is 0 Å². The monoisotopic (exact) mass is 237 g/mol. The summed E-state index contributed by atoms with van der Waals surface area (Å²) in [5.74, 6) is -0.980. The lowest BCUT2D eigenvalue weighted by Crippen LogP contribution is -2.40. The minimum atomic E-state index is -1.03. The van der Waals surface area contributed by atoms with Crippen LogP contribution < -0.4 is 5.32 Å². The van der Waals surface area contributed by atoms with E-state index in [4.69, 9.17) is 5.11 Å². The lowest BCUT2D eigenvalue weighted by molar-refractivity contribution is -0.139. The fraction of sp³-hybridized carbons (Fsp3) is 0.545. The number of aromatic amines is 1. The van der Waals surface area contributed by atoms with Gasteiger partial charge in [-0.1, -0.05) is 6.92 Å². The largest absolute Gasteiger partial charge is 0.480 e. The SMILES string of the molecule is CCC(NC(=O)c1cc(C2CC2)[nH]n1)C(=O)O. The molecule has 1 aliphatic carbocycles. The molecule has 1 saturated carbocycles. The van der Waals surface area contributed by atoms with Crippen LogP contribution in [0.25, 0.3) is 0 Å². The number of hydrogen-bond donors (Lipinski definition) is 3. The average molecular weight is 237 g/mol. The molecular formula is C11H15N3O3. The van der Waals surface area contributed by atoms with Crippen molar-refractivity contribution in [1.82, 2.24) is 15.5 Å². The zero-order valence-electron chi connectivity index (χ0n) is 9.56. The molecule has 0 aromatic carbocycles. The Labute approximate surface area is 98.4 Å². The number of nitrogens with one attached hydrogen (secondary N) is 2. The van der Waals surface area contributed by atoms with Crippen LogP contribution in [0.4, 0.5) is 0 Å². The zero-order valence-corrected chi connectivity index (χ0v) is 9.56. The van der Waals surface area contributed by atoms with Gasteiger partial charge in [0.1, 0.15) is 11.7 Å². The van der Waals surface area contributed by atoms with E-state index < -0.39 is 17.9 Å². The average Bonchev–Trinajstić information content (AvgIpc) is 3.03. The van der Waals surface area contributed by atoms with Gasteiger partial charge < -0.3 is 10.4 Å². The highest BCUT2D eigenvalue weighted by molar-refractivity contribution is 5.95. The maximum absolute atomic E-state index is 11.7. The van der Waals surface area contributed by atoms with E-state index >= 15 is 0 Å². The van der Waals surface area contributed by atoms with Crippen LogP contribution in [0.2, 0.25) is 0 Å². The smallest absolute Gasteiger partial charge is 0.326 e. The summed E-state index contributed by atoms with van der Waals surface area (Å²) in [5, 5.41) is 18.0. The molecule has 0 saturated heterocycles. The number of rotatable bonds is 5. The predicted molar refractivity (Wildman–Crippen MR) is 59.7 cm³/mol. The maximum atomic E-state index is 11.7. The summed E-state index contributed by atoms with van der Waals surface area (Å²) < 4.78 is 0. The number of carboxylic acid groups (broad SMARTS) is 1.